The number of rotatable bonds is 1. The lowest BCUT2D eigenvalue weighted by Gasteiger charge is -2.40. The second-order valence-corrected chi connectivity index (χ2v) is 5.29. The lowest BCUT2D eigenvalue weighted by atomic mass is 9.97. The normalized spacial score (nSPS) is 22.6. The lowest BCUT2D eigenvalue weighted by Crippen LogP contribution is -2.66. The first kappa shape index (κ1) is 14.2. The van der Waals surface area contributed by atoms with Gasteiger partial charge in [0.05, 0.1) is 0 Å². The predicted molar refractivity (Wildman–Crippen MR) is 68.4 cm³/mol. The molecule has 0 aromatic rings. The van der Waals surface area contributed by atoms with Gasteiger partial charge in [-0.15, -0.1) is 0 Å². The topological polar surface area (TPSA) is 99.2 Å². The molecule has 0 aromatic carbocycles. The highest BCUT2D eigenvalue weighted by Crippen LogP contribution is 2.20. The van der Waals surface area contributed by atoms with Crippen molar-refractivity contribution in [3.8, 4) is 0 Å². The van der Waals surface area contributed by atoms with Gasteiger partial charge in [0.2, 0.25) is 11.8 Å². The number of carbonyl (C=O) groups excluding carboxylic acids is 4. The van der Waals surface area contributed by atoms with Gasteiger partial charge in [0.15, 0.2) is 0 Å². The number of piperazine rings is 1. The molecule has 0 bridgehead atoms. The Balaban J connectivity index is 2.28. The summed E-state index contributed by atoms with van der Waals surface area (Å²) in [5, 5.41) is 7.22. The van der Waals surface area contributed by atoms with Gasteiger partial charge in [0, 0.05) is 19.9 Å². The zero-order valence-electron chi connectivity index (χ0n) is 11.6. The third-order valence-corrected chi connectivity index (χ3v) is 3.48. The molecule has 2 aliphatic rings. The predicted octanol–water partition coefficient (Wildman–Crippen LogP) is -1.14. The molecule has 0 aromatic heterocycles. The average molecular weight is 280 g/mol. The highest BCUT2D eigenvalue weighted by Gasteiger charge is 2.45. The second-order valence-electron chi connectivity index (χ2n) is 5.29. The van der Waals surface area contributed by atoms with E-state index in [1.807, 2.05) is 0 Å². The zero-order valence-corrected chi connectivity index (χ0v) is 11.6. The van der Waals surface area contributed by atoms with Crippen LogP contribution in [0.5, 0.6) is 0 Å². The highest BCUT2D eigenvalue weighted by molar-refractivity contribution is 6.40. The summed E-state index contributed by atoms with van der Waals surface area (Å²) in [5.74, 6) is -1.71. The molecule has 4 amide bonds. The van der Waals surface area contributed by atoms with Crippen molar-refractivity contribution in [2.45, 2.75) is 32.2 Å². The first-order valence-corrected chi connectivity index (χ1v) is 6.24. The van der Waals surface area contributed by atoms with Crippen LogP contribution in [0.1, 0.15) is 26.7 Å². The Bertz CT molecular complexity index is 538. The third-order valence-electron chi connectivity index (χ3n) is 3.48. The van der Waals surface area contributed by atoms with E-state index in [1.54, 1.807) is 13.8 Å². The van der Waals surface area contributed by atoms with Crippen LogP contribution in [0.15, 0.2) is 5.10 Å². The van der Waals surface area contributed by atoms with Gasteiger partial charge >= 0.3 is 0 Å². The molecule has 2 heterocycles. The molecular formula is C12H16N4O4. The molecule has 0 saturated carbocycles. The molecule has 2 aliphatic heterocycles. The molecule has 1 N–H and O–H groups in total. The molecule has 2 rings (SSSR count). The van der Waals surface area contributed by atoms with Crippen LogP contribution in [-0.2, 0) is 19.2 Å². The molecule has 1 fully saturated rings. The molecule has 0 spiro atoms. The minimum Gasteiger partial charge on any atom is -0.314 e. The molecule has 20 heavy (non-hydrogen) atoms. The highest BCUT2D eigenvalue weighted by atomic mass is 16.2. The molecule has 8 heteroatoms. The van der Waals surface area contributed by atoms with E-state index in [0.29, 0.717) is 0 Å². The maximum Gasteiger partial charge on any atom is 0.271 e. The number of hydrogen-bond acceptors (Lipinski definition) is 5. The zero-order chi connectivity index (χ0) is 15.1. The van der Waals surface area contributed by atoms with Crippen molar-refractivity contribution >= 4 is 29.3 Å². The molecule has 0 atom stereocenters. The number of nitrogens with zero attached hydrogens (tertiary/aromatic N) is 3. The summed E-state index contributed by atoms with van der Waals surface area (Å²) in [6.45, 7) is 2.92. The number of nitrogens with one attached hydrogen (secondary N) is 1. The van der Waals surface area contributed by atoms with E-state index in [-0.39, 0.29) is 31.0 Å². The molecule has 1 saturated heterocycles. The summed E-state index contributed by atoms with van der Waals surface area (Å²) in [7, 11) is 1.47. The van der Waals surface area contributed by atoms with Crippen molar-refractivity contribution in [1.82, 2.24) is 15.2 Å². The van der Waals surface area contributed by atoms with E-state index in [1.165, 1.54) is 11.9 Å². The lowest BCUT2D eigenvalue weighted by molar-refractivity contribution is -0.152. The van der Waals surface area contributed by atoms with Gasteiger partial charge in [-0.25, -0.2) is 5.01 Å². The van der Waals surface area contributed by atoms with E-state index in [2.05, 4.69) is 10.4 Å². The summed E-state index contributed by atoms with van der Waals surface area (Å²) < 4.78 is 0. The molecular weight excluding hydrogens is 264 g/mol. The van der Waals surface area contributed by atoms with Crippen molar-refractivity contribution in [3.63, 3.8) is 0 Å². The maximum atomic E-state index is 12.4. The number of amides is 4. The van der Waals surface area contributed by atoms with Crippen molar-refractivity contribution < 1.29 is 19.2 Å². The first-order chi connectivity index (χ1) is 9.23. The van der Waals surface area contributed by atoms with Gasteiger partial charge in [-0.05, 0) is 13.8 Å². The smallest absolute Gasteiger partial charge is 0.271 e. The van der Waals surface area contributed by atoms with Gasteiger partial charge in [0.25, 0.3) is 11.8 Å². The fourth-order valence-electron chi connectivity index (χ4n) is 2.09. The fourth-order valence-corrected chi connectivity index (χ4v) is 2.09. The molecule has 108 valence electrons. The number of hydrogen-bond donors (Lipinski definition) is 1. The van der Waals surface area contributed by atoms with Crippen LogP contribution in [0.2, 0.25) is 0 Å². The second kappa shape index (κ2) is 4.69. The summed E-state index contributed by atoms with van der Waals surface area (Å²) >= 11 is 0. The van der Waals surface area contributed by atoms with Crippen molar-refractivity contribution in [2.75, 3.05) is 13.6 Å². The Kier molecular flexibility index (Phi) is 3.33. The van der Waals surface area contributed by atoms with Crippen LogP contribution in [0.3, 0.4) is 0 Å². The van der Waals surface area contributed by atoms with Crippen LogP contribution in [-0.4, -0.2) is 58.4 Å². The van der Waals surface area contributed by atoms with Gasteiger partial charge in [0.1, 0.15) is 17.8 Å². The Morgan fingerprint density at radius 2 is 1.90 bits per heavy atom. The fraction of sp³-hybridized carbons (Fsp3) is 0.583. The van der Waals surface area contributed by atoms with E-state index >= 15 is 0 Å². The van der Waals surface area contributed by atoms with E-state index in [4.69, 9.17) is 0 Å². The summed E-state index contributed by atoms with van der Waals surface area (Å²) in [5.41, 5.74) is -0.948. The standard InChI is InChI=1S/C12H16N4O4/c1-12(2)11(20)13-8(17)6-16(12)10(19)7-4-5-9(18)15(3)14-7/h4-6H2,1-3H3,(H,13,17,20). The number of imide groups is 1. The Labute approximate surface area is 115 Å². The first-order valence-electron chi connectivity index (χ1n) is 6.24. The van der Waals surface area contributed by atoms with Crippen molar-refractivity contribution in [2.24, 2.45) is 5.10 Å². The quantitative estimate of drug-likeness (QED) is 0.613. The maximum absolute atomic E-state index is 12.4. The number of hydrazone groups is 1. The van der Waals surface area contributed by atoms with Gasteiger partial charge in [-0.2, -0.15) is 5.10 Å². The third kappa shape index (κ3) is 2.28. The van der Waals surface area contributed by atoms with Gasteiger partial charge in [-0.3, -0.25) is 24.5 Å². The van der Waals surface area contributed by atoms with E-state index in [0.717, 1.165) is 5.01 Å². The van der Waals surface area contributed by atoms with E-state index < -0.39 is 23.3 Å². The Morgan fingerprint density at radius 1 is 1.25 bits per heavy atom. The minimum atomic E-state index is -1.13. The van der Waals surface area contributed by atoms with Crippen LogP contribution in [0.4, 0.5) is 0 Å². The van der Waals surface area contributed by atoms with Crippen LogP contribution in [0, 0.1) is 0 Å². The summed E-state index contributed by atoms with van der Waals surface area (Å²) in [6, 6.07) is 0. The average Bonchev–Trinajstić information content (AvgIpc) is 2.36. The Hall–Kier alpha value is -2.25. The van der Waals surface area contributed by atoms with Gasteiger partial charge in [-0.1, -0.05) is 0 Å². The molecule has 0 unspecified atom stereocenters. The molecule has 8 nitrogen and oxygen atoms in total. The van der Waals surface area contributed by atoms with Crippen molar-refractivity contribution in [3.05, 3.63) is 0 Å². The monoisotopic (exact) mass is 280 g/mol. The van der Waals surface area contributed by atoms with E-state index in [9.17, 15) is 19.2 Å². The van der Waals surface area contributed by atoms with Crippen LogP contribution in [0.25, 0.3) is 0 Å². The Morgan fingerprint density at radius 3 is 2.50 bits per heavy atom. The van der Waals surface area contributed by atoms with Crippen molar-refractivity contribution in [1.29, 1.82) is 0 Å². The SMILES string of the molecule is CN1N=C(C(=O)N2CC(=O)NC(=O)C2(C)C)CCC1=O. The summed E-state index contributed by atoms with van der Waals surface area (Å²) in [4.78, 5) is 48.2. The van der Waals surface area contributed by atoms with Crippen LogP contribution < -0.4 is 5.32 Å². The molecule has 0 aliphatic carbocycles. The summed E-state index contributed by atoms with van der Waals surface area (Å²) in [6.07, 6.45) is 0.403. The molecule has 0 radical (unpaired) electrons. The van der Waals surface area contributed by atoms with Gasteiger partial charge < -0.3 is 4.90 Å². The number of carbonyl (C=O) groups is 4. The van der Waals surface area contributed by atoms with Crippen LogP contribution >= 0.6 is 0 Å². The minimum absolute atomic E-state index is 0.173. The largest absolute Gasteiger partial charge is 0.314 e.